The van der Waals surface area contributed by atoms with Gasteiger partial charge in [0.1, 0.15) is 36.3 Å². The number of ether oxygens (including phenoxy) is 4. The zero-order chi connectivity index (χ0) is 32.3. The molecule has 13 heteroatoms. The molecule has 2 aliphatic carbocycles. The fraction of sp³-hybridized carbons (Fsp3) is 0.677. The number of aliphatic hydroxyl groups excluding tert-OH is 6. The lowest BCUT2D eigenvalue weighted by Gasteiger charge is -2.56. The Morgan fingerprint density at radius 3 is 2.36 bits per heavy atom. The van der Waals surface area contributed by atoms with Crippen LogP contribution >= 0.6 is 0 Å². The highest BCUT2D eigenvalue weighted by Crippen LogP contribution is 2.56. The Morgan fingerprint density at radius 2 is 1.73 bits per heavy atom. The summed E-state index contributed by atoms with van der Waals surface area (Å²) in [6, 6.07) is 6.09. The van der Waals surface area contributed by atoms with Gasteiger partial charge in [-0.3, -0.25) is 0 Å². The molecule has 1 aromatic carbocycles. The van der Waals surface area contributed by atoms with Gasteiger partial charge in [-0.15, -0.1) is 0 Å². The number of aliphatic hydroxyl groups is 6. The second-order valence-electron chi connectivity index (χ2n) is 12.4. The maximum absolute atomic E-state index is 13.1. The van der Waals surface area contributed by atoms with Gasteiger partial charge in [0.25, 0.3) is 0 Å². The van der Waals surface area contributed by atoms with Gasteiger partial charge < -0.3 is 54.7 Å². The zero-order valence-corrected chi connectivity index (χ0v) is 24.9. The first-order valence-electron chi connectivity index (χ1n) is 14.9. The highest BCUT2D eigenvalue weighted by Gasteiger charge is 2.58. The van der Waals surface area contributed by atoms with Gasteiger partial charge in [-0.05, 0) is 55.2 Å². The van der Waals surface area contributed by atoms with Crippen LogP contribution < -0.4 is 0 Å². The first-order valence-corrected chi connectivity index (χ1v) is 14.9. The fourth-order valence-electron chi connectivity index (χ4n) is 7.14. The van der Waals surface area contributed by atoms with Crippen LogP contribution in [0.1, 0.15) is 38.2 Å². The van der Waals surface area contributed by atoms with Gasteiger partial charge in [0.05, 0.1) is 26.4 Å². The number of hydrogen-bond donors (Lipinski definition) is 7. The third-order valence-corrected chi connectivity index (χ3v) is 9.69. The molecule has 0 bridgehead atoms. The van der Waals surface area contributed by atoms with Crippen LogP contribution in [0.15, 0.2) is 36.4 Å². The molecule has 1 aliphatic heterocycles. The number of methoxy groups -OCH3 is 1. The summed E-state index contributed by atoms with van der Waals surface area (Å²) in [5.74, 6) is -3.07. The summed E-state index contributed by atoms with van der Waals surface area (Å²) in [5, 5.41) is 72.1. The molecule has 4 rings (SSSR count). The number of carbonyl (C=O) groups is 2. The van der Waals surface area contributed by atoms with Crippen LogP contribution in [-0.4, -0.2) is 117 Å². The van der Waals surface area contributed by atoms with Crippen molar-refractivity contribution >= 4 is 11.9 Å². The first kappa shape index (κ1) is 34.3. The summed E-state index contributed by atoms with van der Waals surface area (Å²) in [6.45, 7) is 5.05. The van der Waals surface area contributed by atoms with Crippen molar-refractivity contribution in [2.24, 2.45) is 23.2 Å². The highest BCUT2D eigenvalue weighted by molar-refractivity contribution is 5.88. The van der Waals surface area contributed by atoms with Gasteiger partial charge in [-0.25, -0.2) is 9.59 Å². The van der Waals surface area contributed by atoms with E-state index in [4.69, 9.17) is 18.9 Å². The predicted octanol–water partition coefficient (Wildman–Crippen LogP) is -0.443. The van der Waals surface area contributed by atoms with Crippen molar-refractivity contribution in [3.63, 3.8) is 0 Å². The molecule has 7 N–H and O–H groups in total. The fourth-order valence-corrected chi connectivity index (χ4v) is 7.14. The summed E-state index contributed by atoms with van der Waals surface area (Å²) in [6.07, 6.45) is -9.05. The molecule has 0 aromatic heterocycles. The largest absolute Gasteiger partial charge is 0.508 e. The Balaban J connectivity index is 1.53. The van der Waals surface area contributed by atoms with Crippen LogP contribution in [0.2, 0.25) is 0 Å². The van der Waals surface area contributed by atoms with E-state index in [2.05, 4.69) is 6.58 Å². The zero-order valence-electron chi connectivity index (χ0n) is 24.9. The third kappa shape index (κ3) is 6.95. The minimum absolute atomic E-state index is 0.0226. The molecule has 1 saturated heterocycles. The number of aromatic hydroxyl groups is 1. The number of fused-ring (bicyclic) bond motifs is 1. The molecule has 3 fully saturated rings. The molecule has 3 aliphatic rings. The Kier molecular flexibility index (Phi) is 11.1. The van der Waals surface area contributed by atoms with Gasteiger partial charge in [0.2, 0.25) is 0 Å². The molecule has 3 unspecified atom stereocenters. The topological polar surface area (TPSA) is 213 Å². The third-order valence-electron chi connectivity index (χ3n) is 9.69. The predicted molar refractivity (Wildman–Crippen MR) is 152 cm³/mol. The summed E-state index contributed by atoms with van der Waals surface area (Å²) in [7, 11) is 1.23. The SMILES string of the molecule is C=C(C(=O)OC)[C@H]1CC[C@]2(C)[C@H](OC(=O)C(O)Cc3ccc(O)cc3)CCC(CO[C@@H]3O[C@@H](CO)[C@@H](O)[C@H](O)C3O)[C@H]2[C@H]1O. The number of phenols is 1. The molecule has 2 saturated carbocycles. The van der Waals surface area contributed by atoms with Crippen molar-refractivity contribution in [2.75, 3.05) is 20.3 Å². The van der Waals surface area contributed by atoms with Crippen molar-refractivity contribution in [2.45, 2.75) is 88.0 Å². The normalized spacial score (nSPS) is 37.8. The van der Waals surface area contributed by atoms with Crippen molar-refractivity contribution in [3.05, 3.63) is 42.0 Å². The molecule has 13 nitrogen and oxygen atoms in total. The molecule has 1 aromatic rings. The average Bonchev–Trinajstić information content (AvgIpc) is 3.00. The highest BCUT2D eigenvalue weighted by atomic mass is 16.7. The van der Waals surface area contributed by atoms with Crippen LogP contribution in [0.25, 0.3) is 0 Å². The average molecular weight is 625 g/mol. The Morgan fingerprint density at radius 1 is 1.05 bits per heavy atom. The molecular formula is C31H44O13. The summed E-state index contributed by atoms with van der Waals surface area (Å²) in [4.78, 5) is 25.4. The van der Waals surface area contributed by atoms with Crippen molar-refractivity contribution in [1.82, 2.24) is 0 Å². The number of rotatable bonds is 10. The lowest BCUT2D eigenvalue weighted by molar-refractivity contribution is -0.307. The van der Waals surface area contributed by atoms with Crippen LogP contribution in [-0.2, 0) is 35.0 Å². The van der Waals surface area contributed by atoms with Crippen LogP contribution in [0.4, 0.5) is 0 Å². The van der Waals surface area contributed by atoms with Crippen molar-refractivity contribution in [3.8, 4) is 5.75 Å². The summed E-state index contributed by atoms with van der Waals surface area (Å²) in [5.41, 5.74) is -0.0799. The van der Waals surface area contributed by atoms with Crippen molar-refractivity contribution in [1.29, 1.82) is 0 Å². The van der Waals surface area contributed by atoms with Gasteiger partial charge in [0, 0.05) is 23.3 Å². The van der Waals surface area contributed by atoms with E-state index in [1.54, 1.807) is 12.1 Å². The van der Waals surface area contributed by atoms with E-state index in [0.717, 1.165) is 0 Å². The second kappa shape index (κ2) is 14.2. The molecule has 1 heterocycles. The standard InChI is InChI=1S/C31H44O13/c1-15(28(39)41-3)19-10-11-31(2)22(44-29(40)20(34)12-16-4-7-18(33)8-5-16)9-6-17(23(31)24(19)35)14-42-30-27(38)26(37)25(36)21(13-32)43-30/h4-5,7-8,17,19-27,30,32-38H,1,6,9-14H2,2-3H3/t17?,19-,20?,21+,22-,23+,24+,25-,26+,27?,30-,31-/m1/s1. The Bertz CT molecular complexity index is 1160. The number of phenolic OH excluding ortho intramolecular Hbond substituents is 1. The van der Waals surface area contributed by atoms with Crippen LogP contribution in [0.3, 0.4) is 0 Å². The first-order chi connectivity index (χ1) is 20.8. The molecule has 0 amide bonds. The molecular weight excluding hydrogens is 580 g/mol. The van der Waals surface area contributed by atoms with E-state index in [0.29, 0.717) is 31.2 Å². The van der Waals surface area contributed by atoms with E-state index in [-0.39, 0.29) is 24.4 Å². The van der Waals surface area contributed by atoms with Crippen LogP contribution in [0, 0.1) is 23.2 Å². The monoisotopic (exact) mass is 624 g/mol. The van der Waals surface area contributed by atoms with Crippen LogP contribution in [0.5, 0.6) is 5.75 Å². The lowest BCUT2D eigenvalue weighted by atomic mass is 9.52. The van der Waals surface area contributed by atoms with E-state index in [9.17, 15) is 45.3 Å². The quantitative estimate of drug-likeness (QED) is 0.130. The number of hydrogen-bond acceptors (Lipinski definition) is 13. The Hall–Kier alpha value is -2.62. The van der Waals surface area contributed by atoms with Gasteiger partial charge in [-0.1, -0.05) is 25.6 Å². The van der Waals surface area contributed by atoms with E-state index in [1.165, 1.54) is 19.2 Å². The maximum Gasteiger partial charge on any atom is 0.335 e. The number of carbonyl (C=O) groups excluding carboxylic acids is 2. The molecule has 0 spiro atoms. The molecule has 0 radical (unpaired) electrons. The smallest absolute Gasteiger partial charge is 0.335 e. The van der Waals surface area contributed by atoms with E-state index in [1.807, 2.05) is 6.92 Å². The lowest BCUT2D eigenvalue weighted by Crippen LogP contribution is -2.61. The van der Waals surface area contributed by atoms with Gasteiger partial charge in [-0.2, -0.15) is 0 Å². The van der Waals surface area contributed by atoms with Gasteiger partial charge in [0.15, 0.2) is 12.4 Å². The second-order valence-corrected chi connectivity index (χ2v) is 12.4. The van der Waals surface area contributed by atoms with Gasteiger partial charge >= 0.3 is 11.9 Å². The number of benzene rings is 1. The summed E-state index contributed by atoms with van der Waals surface area (Å²) < 4.78 is 22.1. The molecule has 12 atom stereocenters. The van der Waals surface area contributed by atoms with E-state index >= 15 is 0 Å². The minimum atomic E-state index is -1.62. The Labute approximate surface area is 255 Å². The summed E-state index contributed by atoms with van der Waals surface area (Å²) >= 11 is 0. The molecule has 246 valence electrons. The van der Waals surface area contributed by atoms with Crippen molar-refractivity contribution < 1.29 is 64.3 Å². The number of esters is 2. The minimum Gasteiger partial charge on any atom is -0.508 e. The maximum atomic E-state index is 13.1. The van der Waals surface area contributed by atoms with E-state index < -0.39 is 90.7 Å². The molecule has 44 heavy (non-hydrogen) atoms.